The van der Waals surface area contributed by atoms with E-state index >= 15 is 0 Å². The van der Waals surface area contributed by atoms with Gasteiger partial charge in [0.05, 0.1) is 0 Å². The molecule has 0 fully saturated rings. The molecule has 0 radical (unpaired) electrons. The van der Waals surface area contributed by atoms with Gasteiger partial charge in [-0.15, -0.1) is 0 Å². The molecule has 0 aromatic carbocycles. The van der Waals surface area contributed by atoms with E-state index in [1.807, 2.05) is 0 Å². The molecule has 0 spiro atoms. The summed E-state index contributed by atoms with van der Waals surface area (Å²) in [6.07, 6.45) is 1.69. The second kappa shape index (κ2) is 11.2. The molecule has 0 N–H and O–H groups in total. The molecule has 0 aromatic heterocycles. The maximum atomic E-state index is 11.8. The fourth-order valence-electron chi connectivity index (χ4n) is 1.57. The second-order valence-corrected chi connectivity index (χ2v) is 8.83. The Morgan fingerprint density at radius 1 is 1.00 bits per heavy atom. The van der Waals surface area contributed by atoms with Crippen LogP contribution in [0.1, 0.15) is 58.3 Å². The Labute approximate surface area is 115 Å². The van der Waals surface area contributed by atoms with E-state index in [2.05, 4.69) is 6.92 Å². The van der Waals surface area contributed by atoms with Crippen LogP contribution in [-0.2, 0) is 6.15 Å². The van der Waals surface area contributed by atoms with Crippen molar-refractivity contribution in [3.8, 4) is 0 Å². The molecule has 0 rings (SSSR count). The molecule has 0 saturated heterocycles. The topological polar surface area (TPSA) is 26.3 Å². The average molecular weight is 375 g/mol. The molecule has 0 aliphatic carbocycles. The van der Waals surface area contributed by atoms with Gasteiger partial charge >= 0.3 is 115 Å². The Hall–Kier alpha value is 0.349. The third kappa shape index (κ3) is 14.4. The number of halogens is 3. The number of unbranched alkanes of at least 4 members (excludes halogenated alkanes) is 5. The van der Waals surface area contributed by atoms with E-state index in [4.69, 9.17) is 3.07 Å². The van der Waals surface area contributed by atoms with Crippen molar-refractivity contribution < 1.29 is 19.3 Å². The summed E-state index contributed by atoms with van der Waals surface area (Å²) in [5, 5.41) is 0. The third-order valence-electron chi connectivity index (χ3n) is 2.60. The summed E-state index contributed by atoms with van der Waals surface area (Å²) in [6.45, 7) is 2.61. The van der Waals surface area contributed by atoms with Crippen LogP contribution in [0.15, 0.2) is 0 Å². The number of rotatable bonds is 11. The Kier molecular flexibility index (Phi) is 11.4. The van der Waals surface area contributed by atoms with Gasteiger partial charge in [-0.05, 0) is 0 Å². The Bertz CT molecular complexity index is 220. The Balaban J connectivity index is 3.27. The summed E-state index contributed by atoms with van der Waals surface area (Å²) in [6, 6.07) is 0. The number of hydrogen-bond donors (Lipinski definition) is 0. The van der Waals surface area contributed by atoms with E-state index in [0.29, 0.717) is 6.61 Å². The summed E-state index contributed by atoms with van der Waals surface area (Å²) in [7, 11) is 0. The summed E-state index contributed by atoms with van der Waals surface area (Å²) in [5.74, 6) is 0. The van der Waals surface area contributed by atoms with E-state index in [9.17, 15) is 16.2 Å². The SMILES string of the molecule is CCCCCCCC[O][Sn](=[O])[CH2]CCC(F)(F)F. The zero-order valence-corrected chi connectivity index (χ0v) is 13.9. The molecule has 0 atom stereocenters. The van der Waals surface area contributed by atoms with Gasteiger partial charge in [-0.3, -0.25) is 0 Å². The Morgan fingerprint density at radius 3 is 2.22 bits per heavy atom. The monoisotopic (exact) mass is 376 g/mol. The van der Waals surface area contributed by atoms with Crippen LogP contribution in [-0.4, -0.2) is 32.9 Å². The molecule has 0 saturated carbocycles. The van der Waals surface area contributed by atoms with Crippen molar-refractivity contribution in [3.05, 3.63) is 0 Å². The van der Waals surface area contributed by atoms with Crippen molar-refractivity contribution in [2.45, 2.75) is 68.9 Å². The van der Waals surface area contributed by atoms with E-state index < -0.39 is 32.8 Å². The van der Waals surface area contributed by atoms with Gasteiger partial charge < -0.3 is 0 Å². The van der Waals surface area contributed by atoms with Crippen LogP contribution >= 0.6 is 0 Å². The first-order valence-electron chi connectivity index (χ1n) is 6.68. The molecule has 0 heterocycles. The first-order chi connectivity index (χ1) is 8.45. The zero-order chi connectivity index (χ0) is 13.9. The standard InChI is InChI=1S/C8H17O.C4H6F3.O.Sn/c1-2-3-4-5-6-7-8-9;1-2-3-4(5,6)7;;/h2-8H2,1H3;1-3H2;;/q-1;;;+1. The first kappa shape index (κ1) is 18.3. The zero-order valence-electron chi connectivity index (χ0n) is 11.0. The van der Waals surface area contributed by atoms with Crippen LogP contribution in [0.2, 0.25) is 4.44 Å². The first-order valence-corrected chi connectivity index (χ1v) is 11.0. The number of hydrogen-bond acceptors (Lipinski definition) is 2. The fourth-order valence-corrected chi connectivity index (χ4v) is 4.38. The maximum absolute atomic E-state index is 11.8. The molecule has 2 nitrogen and oxygen atoms in total. The van der Waals surface area contributed by atoms with E-state index in [0.717, 1.165) is 19.3 Å². The predicted octanol–water partition coefficient (Wildman–Crippen LogP) is 4.62. The van der Waals surface area contributed by atoms with Gasteiger partial charge in [-0.1, -0.05) is 0 Å². The van der Waals surface area contributed by atoms with Crippen LogP contribution in [0, 0.1) is 0 Å². The molecule has 18 heavy (non-hydrogen) atoms. The van der Waals surface area contributed by atoms with Crippen LogP contribution in [0.4, 0.5) is 13.2 Å². The van der Waals surface area contributed by atoms with Gasteiger partial charge in [-0.2, -0.15) is 0 Å². The summed E-state index contributed by atoms with van der Waals surface area (Å²) in [5.41, 5.74) is 0. The van der Waals surface area contributed by atoms with Crippen LogP contribution in [0.3, 0.4) is 0 Å². The molecule has 0 unspecified atom stereocenters. The van der Waals surface area contributed by atoms with Crippen LogP contribution < -0.4 is 0 Å². The molecule has 0 bridgehead atoms. The van der Waals surface area contributed by atoms with Gasteiger partial charge in [0, 0.05) is 0 Å². The molecule has 0 amide bonds. The molecule has 6 heteroatoms. The van der Waals surface area contributed by atoms with Crippen molar-refractivity contribution >= 4 is 20.2 Å². The summed E-state index contributed by atoms with van der Waals surface area (Å²) in [4.78, 5) is 0. The van der Waals surface area contributed by atoms with Gasteiger partial charge in [-0.25, -0.2) is 0 Å². The second-order valence-electron chi connectivity index (χ2n) is 4.46. The van der Waals surface area contributed by atoms with Crippen molar-refractivity contribution in [2.24, 2.45) is 0 Å². The van der Waals surface area contributed by atoms with Crippen molar-refractivity contribution in [1.82, 2.24) is 0 Å². The molecule has 0 aliphatic rings. The quantitative estimate of drug-likeness (QED) is 0.389. The van der Waals surface area contributed by atoms with E-state index in [-0.39, 0.29) is 10.9 Å². The molecular formula is C12H23F3O2Sn. The molecular weight excluding hydrogens is 352 g/mol. The van der Waals surface area contributed by atoms with Gasteiger partial charge in [0.25, 0.3) is 0 Å². The Morgan fingerprint density at radius 2 is 1.61 bits per heavy atom. The molecule has 0 aromatic rings. The summed E-state index contributed by atoms with van der Waals surface area (Å²) < 4.78 is 52.1. The van der Waals surface area contributed by atoms with Crippen molar-refractivity contribution in [3.63, 3.8) is 0 Å². The van der Waals surface area contributed by atoms with E-state index in [1.165, 1.54) is 19.3 Å². The van der Waals surface area contributed by atoms with Gasteiger partial charge in [0.15, 0.2) is 0 Å². The van der Waals surface area contributed by atoms with E-state index in [1.54, 1.807) is 0 Å². The third-order valence-corrected chi connectivity index (χ3v) is 6.28. The molecule has 0 aliphatic heterocycles. The molecule has 108 valence electrons. The van der Waals surface area contributed by atoms with Gasteiger partial charge in [0.2, 0.25) is 0 Å². The number of alkyl halides is 3. The van der Waals surface area contributed by atoms with Crippen molar-refractivity contribution in [1.29, 1.82) is 0 Å². The van der Waals surface area contributed by atoms with Gasteiger partial charge in [0.1, 0.15) is 0 Å². The summed E-state index contributed by atoms with van der Waals surface area (Å²) >= 11 is -3.15. The minimum atomic E-state index is -4.14. The van der Waals surface area contributed by atoms with Crippen molar-refractivity contribution in [2.75, 3.05) is 6.61 Å². The predicted molar refractivity (Wildman–Crippen MR) is 65.9 cm³/mol. The van der Waals surface area contributed by atoms with Crippen LogP contribution in [0.25, 0.3) is 0 Å². The minimum absolute atomic E-state index is 0.0573. The normalized spacial score (nSPS) is 11.8. The average Bonchev–Trinajstić information content (AvgIpc) is 2.26. The van der Waals surface area contributed by atoms with Crippen LogP contribution in [0.5, 0.6) is 0 Å². The fraction of sp³-hybridized carbons (Fsp3) is 1.00.